The Kier molecular flexibility index (Phi) is 8.45. The molecule has 1 aromatic carbocycles. The van der Waals surface area contributed by atoms with E-state index in [4.69, 9.17) is 5.73 Å². The number of nitrogens with two attached hydrogens (primary N) is 1. The van der Waals surface area contributed by atoms with Crippen LogP contribution in [0.2, 0.25) is 0 Å². The molecule has 11 nitrogen and oxygen atoms in total. The van der Waals surface area contributed by atoms with Gasteiger partial charge < -0.3 is 31.5 Å². The largest absolute Gasteiger partial charge is 0.508 e. The quantitative estimate of drug-likeness (QED) is 0.104. The molecule has 1 saturated carbocycles. The number of carbonyl (C=O) groups excluding carboxylic acids is 4. The fraction of sp³-hybridized carbons (Fsp3) is 0.417. The minimum atomic E-state index is -2.71. The SMILES string of the molecule is Br.CN(C)[C@@H]1C(=O)C(C(N)=O)=C(O)[C@@]2(O)C(=O)C3=C(O)c4c(ccc(NC(=O)C(Br)CS)c4O)CC3CC12. The van der Waals surface area contributed by atoms with Gasteiger partial charge in [-0.25, -0.2) is 0 Å². The van der Waals surface area contributed by atoms with E-state index >= 15 is 0 Å². The number of aliphatic hydroxyl groups excluding tert-OH is 2. The van der Waals surface area contributed by atoms with Crippen molar-refractivity contribution in [2.75, 3.05) is 25.2 Å². The second-order valence-corrected chi connectivity index (χ2v) is 11.1. The van der Waals surface area contributed by atoms with Crippen LogP contribution in [0.4, 0.5) is 5.69 Å². The number of nitrogens with zero attached hydrogens (tertiary/aromatic N) is 1. The molecule has 4 rings (SSSR count). The van der Waals surface area contributed by atoms with Crippen LogP contribution in [-0.4, -0.2) is 85.0 Å². The maximum Gasteiger partial charge on any atom is 0.255 e. The Bertz CT molecular complexity index is 1310. The number of Topliss-reactive ketones (excluding diaryl/α,β-unsaturated/α-hetero) is 2. The Morgan fingerprint density at radius 3 is 2.45 bits per heavy atom. The highest BCUT2D eigenvalue weighted by molar-refractivity contribution is 9.10. The number of hydrogen-bond donors (Lipinski definition) is 7. The van der Waals surface area contributed by atoms with Crippen LogP contribution >= 0.6 is 45.5 Å². The molecule has 0 spiro atoms. The lowest BCUT2D eigenvalue weighted by Crippen LogP contribution is -2.65. The molecule has 3 aliphatic carbocycles. The Morgan fingerprint density at radius 1 is 1.26 bits per heavy atom. The maximum atomic E-state index is 13.8. The van der Waals surface area contributed by atoms with Crippen molar-refractivity contribution < 1.29 is 39.6 Å². The van der Waals surface area contributed by atoms with Gasteiger partial charge >= 0.3 is 0 Å². The number of aliphatic hydroxyl groups is 3. The van der Waals surface area contributed by atoms with E-state index in [-0.39, 0.29) is 52.4 Å². The van der Waals surface area contributed by atoms with Crippen LogP contribution in [0.3, 0.4) is 0 Å². The van der Waals surface area contributed by atoms with Crippen LogP contribution < -0.4 is 11.1 Å². The van der Waals surface area contributed by atoms with Crippen molar-refractivity contribution in [3.05, 3.63) is 40.2 Å². The van der Waals surface area contributed by atoms with Gasteiger partial charge in [-0.05, 0) is 44.5 Å². The summed E-state index contributed by atoms with van der Waals surface area (Å²) < 4.78 is 0. The van der Waals surface area contributed by atoms with E-state index in [2.05, 4.69) is 33.9 Å². The van der Waals surface area contributed by atoms with Gasteiger partial charge in [0, 0.05) is 17.2 Å². The molecule has 3 unspecified atom stereocenters. The highest BCUT2D eigenvalue weighted by Gasteiger charge is 2.64. The van der Waals surface area contributed by atoms with Crippen LogP contribution in [-0.2, 0) is 25.6 Å². The number of phenolic OH excluding ortho intramolecular Hbond substituents is 1. The number of alkyl halides is 1. The van der Waals surface area contributed by atoms with Crippen LogP contribution in [0.15, 0.2) is 29.0 Å². The van der Waals surface area contributed by atoms with Crippen molar-refractivity contribution in [1.82, 2.24) is 4.90 Å². The first-order valence-electron chi connectivity index (χ1n) is 11.3. The maximum absolute atomic E-state index is 13.8. The van der Waals surface area contributed by atoms with Gasteiger partial charge in [0.2, 0.25) is 11.7 Å². The molecule has 0 aliphatic heterocycles. The number of anilines is 1. The highest BCUT2D eigenvalue weighted by Crippen LogP contribution is 2.53. The van der Waals surface area contributed by atoms with Crippen LogP contribution in [0.5, 0.6) is 5.75 Å². The lowest BCUT2D eigenvalue weighted by molar-refractivity contribution is -0.153. The van der Waals surface area contributed by atoms with Gasteiger partial charge in [0.1, 0.15) is 27.7 Å². The summed E-state index contributed by atoms with van der Waals surface area (Å²) in [6, 6.07) is 1.90. The van der Waals surface area contributed by atoms with E-state index in [0.717, 1.165) is 0 Å². The Labute approximate surface area is 242 Å². The van der Waals surface area contributed by atoms with Gasteiger partial charge in [-0.1, -0.05) is 22.0 Å². The zero-order chi connectivity index (χ0) is 27.6. The molecule has 2 amide bonds. The molecule has 0 bridgehead atoms. The summed E-state index contributed by atoms with van der Waals surface area (Å²) >= 11 is 7.19. The number of nitrogens with one attached hydrogen (secondary N) is 1. The number of primary amides is 1. The lowest BCUT2D eigenvalue weighted by Gasteiger charge is -2.50. The van der Waals surface area contributed by atoms with E-state index in [1.165, 1.54) is 25.1 Å². The van der Waals surface area contributed by atoms with Crippen LogP contribution in [0.25, 0.3) is 5.76 Å². The molecule has 1 fully saturated rings. The first-order chi connectivity index (χ1) is 17.3. The van der Waals surface area contributed by atoms with Crippen molar-refractivity contribution in [3.63, 3.8) is 0 Å². The average molecular weight is 677 g/mol. The summed E-state index contributed by atoms with van der Waals surface area (Å²) in [7, 11) is 3.07. The summed E-state index contributed by atoms with van der Waals surface area (Å²) in [6.45, 7) is 0. The topological polar surface area (TPSA) is 190 Å². The zero-order valence-electron chi connectivity index (χ0n) is 20.3. The highest BCUT2D eigenvalue weighted by atomic mass is 79.9. The smallest absolute Gasteiger partial charge is 0.255 e. The Balaban J connectivity index is 0.00000400. The third-order valence-electron chi connectivity index (χ3n) is 7.30. The Morgan fingerprint density at radius 2 is 1.89 bits per heavy atom. The number of amides is 2. The van der Waals surface area contributed by atoms with Crippen LogP contribution in [0.1, 0.15) is 17.5 Å². The first kappa shape index (κ1) is 30.2. The summed E-state index contributed by atoms with van der Waals surface area (Å²) in [5.74, 6) is -7.60. The van der Waals surface area contributed by atoms with Gasteiger partial charge in [-0.15, -0.1) is 17.0 Å². The third kappa shape index (κ3) is 4.35. The molecular formula is C24H27Br2N3O8S. The molecule has 5 atom stereocenters. The molecule has 7 N–H and O–H groups in total. The van der Waals surface area contributed by atoms with E-state index in [1.54, 1.807) is 6.07 Å². The first-order valence-corrected chi connectivity index (χ1v) is 12.9. The van der Waals surface area contributed by atoms with Gasteiger partial charge in [-0.3, -0.25) is 24.1 Å². The number of thiol groups is 1. The number of benzene rings is 1. The van der Waals surface area contributed by atoms with Crippen molar-refractivity contribution in [3.8, 4) is 5.75 Å². The van der Waals surface area contributed by atoms with E-state index in [1.807, 2.05) is 0 Å². The number of hydrogen-bond acceptors (Lipinski definition) is 10. The number of ketones is 2. The third-order valence-corrected chi connectivity index (χ3v) is 8.90. The molecule has 0 radical (unpaired) electrons. The molecule has 1 aromatic rings. The number of phenols is 1. The summed E-state index contributed by atoms with van der Waals surface area (Å²) in [6.07, 6.45) is 0.159. The van der Waals surface area contributed by atoms with Crippen LogP contribution in [0, 0.1) is 11.8 Å². The fourth-order valence-corrected chi connectivity index (χ4v) is 5.89. The van der Waals surface area contributed by atoms with Crippen molar-refractivity contribution in [1.29, 1.82) is 0 Å². The fourth-order valence-electron chi connectivity index (χ4n) is 5.61. The van der Waals surface area contributed by atoms with E-state index < -0.39 is 74.5 Å². The number of fused-ring (bicyclic) bond motifs is 3. The summed E-state index contributed by atoms with van der Waals surface area (Å²) in [5, 5.41) is 47.1. The Hall–Kier alpha value is -2.39. The van der Waals surface area contributed by atoms with Crippen molar-refractivity contribution in [2.45, 2.75) is 29.3 Å². The molecule has 206 valence electrons. The minimum Gasteiger partial charge on any atom is -0.508 e. The lowest BCUT2D eigenvalue weighted by atomic mass is 9.57. The monoisotopic (exact) mass is 675 g/mol. The van der Waals surface area contributed by atoms with Gasteiger partial charge in [0.25, 0.3) is 5.91 Å². The molecule has 0 saturated heterocycles. The number of likely N-dealkylation sites (N-methyl/N-ethyl adjacent to an activating group) is 1. The predicted octanol–water partition coefficient (Wildman–Crippen LogP) is 1.17. The molecule has 3 aliphatic rings. The molecule has 0 aromatic heterocycles. The summed E-state index contributed by atoms with van der Waals surface area (Å²) in [5.41, 5.74) is 1.82. The predicted molar refractivity (Wildman–Crippen MR) is 150 cm³/mol. The van der Waals surface area contributed by atoms with Gasteiger partial charge in [-0.2, -0.15) is 12.6 Å². The standard InChI is InChI=1S/C24H26BrN3O8S.BrH/c1-28(2)16-10-6-9-5-8-3-4-12(27-23(35)11(25)7-37)17(29)13(8)18(30)14(9)20(32)24(10,36)21(33)15(19(16)31)22(26)34;/h3-4,9-11,16,29-30,33,36-37H,5-7H2,1-2H3,(H2,26,34)(H,27,35);1H/t9?,10?,11?,16-,24-;/m0./s1. The molecule has 0 heterocycles. The second-order valence-electron chi connectivity index (χ2n) is 9.60. The second kappa shape index (κ2) is 10.6. The number of halogens is 2. The van der Waals surface area contributed by atoms with Crippen molar-refractivity contribution in [2.24, 2.45) is 17.6 Å². The normalized spacial score (nSPS) is 27.3. The number of rotatable bonds is 5. The van der Waals surface area contributed by atoms with E-state index in [0.29, 0.717) is 5.56 Å². The number of aromatic hydroxyl groups is 1. The van der Waals surface area contributed by atoms with E-state index in [9.17, 15) is 39.6 Å². The number of carbonyl (C=O) groups is 4. The van der Waals surface area contributed by atoms with Crippen molar-refractivity contribution >= 4 is 80.4 Å². The average Bonchev–Trinajstić information content (AvgIpc) is 2.82. The zero-order valence-corrected chi connectivity index (χ0v) is 24.5. The van der Waals surface area contributed by atoms with Gasteiger partial charge in [0.05, 0.1) is 17.3 Å². The molecular weight excluding hydrogens is 650 g/mol. The molecule has 14 heteroatoms. The summed E-state index contributed by atoms with van der Waals surface area (Å²) in [4.78, 5) is 51.9. The minimum absolute atomic E-state index is 0. The van der Waals surface area contributed by atoms with Gasteiger partial charge in [0.15, 0.2) is 11.4 Å². The molecule has 38 heavy (non-hydrogen) atoms.